The van der Waals surface area contributed by atoms with E-state index in [0.29, 0.717) is 29.8 Å². The molecule has 1 saturated heterocycles. The molecule has 0 spiro atoms. The highest BCUT2D eigenvalue weighted by atomic mass is 35.5. The van der Waals surface area contributed by atoms with E-state index in [2.05, 4.69) is 14.8 Å². The zero-order valence-corrected chi connectivity index (χ0v) is 15.3. The van der Waals surface area contributed by atoms with Gasteiger partial charge in [0.05, 0.1) is 5.02 Å². The van der Waals surface area contributed by atoms with E-state index in [1.165, 1.54) is 11.8 Å². The Bertz CT molecular complexity index is 793. The molecule has 2 aliphatic rings. The van der Waals surface area contributed by atoms with E-state index >= 15 is 0 Å². The normalized spacial score (nSPS) is 22.9. The topological polar surface area (TPSA) is 66.2 Å². The zero-order valence-electron chi connectivity index (χ0n) is 13.7. The molecule has 0 bridgehead atoms. The van der Waals surface area contributed by atoms with Crippen molar-refractivity contribution in [2.75, 3.05) is 0 Å². The average Bonchev–Trinajstić information content (AvgIpc) is 3.27. The van der Waals surface area contributed by atoms with Gasteiger partial charge >= 0.3 is 5.97 Å². The summed E-state index contributed by atoms with van der Waals surface area (Å²) in [7, 11) is 0. The third-order valence-electron chi connectivity index (χ3n) is 4.21. The summed E-state index contributed by atoms with van der Waals surface area (Å²) in [5, 5.41) is 9.68. The first kappa shape index (κ1) is 16.7. The van der Waals surface area contributed by atoms with E-state index in [-0.39, 0.29) is 17.3 Å². The van der Waals surface area contributed by atoms with Crippen LogP contribution in [-0.2, 0) is 16.1 Å². The number of aromatic nitrogens is 3. The Labute approximate surface area is 154 Å². The number of ether oxygens (including phenoxy) is 2. The van der Waals surface area contributed by atoms with Gasteiger partial charge in [0, 0.05) is 12.5 Å². The summed E-state index contributed by atoms with van der Waals surface area (Å²) in [4.78, 5) is 11.9. The number of cyclic esters (lactones) is 1. The quantitative estimate of drug-likeness (QED) is 0.714. The van der Waals surface area contributed by atoms with Crippen molar-refractivity contribution in [2.45, 2.75) is 55.3 Å². The van der Waals surface area contributed by atoms with Gasteiger partial charge in [0.25, 0.3) is 0 Å². The highest BCUT2D eigenvalue weighted by molar-refractivity contribution is 8.00. The van der Waals surface area contributed by atoms with Crippen LogP contribution < -0.4 is 4.74 Å². The maximum Gasteiger partial charge on any atom is 0.319 e. The molecule has 1 saturated carbocycles. The van der Waals surface area contributed by atoms with Gasteiger partial charge < -0.3 is 9.47 Å². The maximum absolute atomic E-state index is 11.9. The molecule has 1 aliphatic carbocycles. The van der Waals surface area contributed by atoms with Crippen LogP contribution in [0, 0.1) is 0 Å². The Hall–Kier alpha value is -1.73. The lowest BCUT2D eigenvalue weighted by molar-refractivity contribution is -0.140. The van der Waals surface area contributed by atoms with E-state index in [4.69, 9.17) is 21.1 Å². The molecule has 132 valence electrons. The molecule has 0 unspecified atom stereocenters. The van der Waals surface area contributed by atoms with Crippen molar-refractivity contribution >= 4 is 29.3 Å². The summed E-state index contributed by atoms with van der Waals surface area (Å²) >= 11 is 7.57. The van der Waals surface area contributed by atoms with Gasteiger partial charge in [0.2, 0.25) is 0 Å². The zero-order chi connectivity index (χ0) is 17.4. The van der Waals surface area contributed by atoms with Crippen molar-refractivity contribution in [2.24, 2.45) is 0 Å². The smallest absolute Gasteiger partial charge is 0.319 e. The first-order valence-electron chi connectivity index (χ1n) is 8.30. The number of hydrogen-bond donors (Lipinski definition) is 0. The highest BCUT2D eigenvalue weighted by Crippen LogP contribution is 2.41. The predicted molar refractivity (Wildman–Crippen MR) is 93.9 cm³/mol. The van der Waals surface area contributed by atoms with Crippen molar-refractivity contribution in [3.05, 3.63) is 35.1 Å². The molecule has 1 aromatic carbocycles. The van der Waals surface area contributed by atoms with Crippen LogP contribution in [0.5, 0.6) is 5.75 Å². The predicted octanol–water partition coefficient (Wildman–Crippen LogP) is 3.64. The van der Waals surface area contributed by atoms with Crippen molar-refractivity contribution in [3.63, 3.8) is 0 Å². The molecule has 8 heteroatoms. The van der Waals surface area contributed by atoms with Gasteiger partial charge in [-0.25, -0.2) is 0 Å². The summed E-state index contributed by atoms with van der Waals surface area (Å²) in [6.07, 6.45) is 2.85. The van der Waals surface area contributed by atoms with Crippen LogP contribution >= 0.6 is 23.4 Å². The highest BCUT2D eigenvalue weighted by Gasteiger charge is 2.36. The van der Waals surface area contributed by atoms with Crippen LogP contribution in [0.3, 0.4) is 0 Å². The van der Waals surface area contributed by atoms with E-state index < -0.39 is 0 Å². The Kier molecular flexibility index (Phi) is 4.60. The van der Waals surface area contributed by atoms with E-state index in [9.17, 15) is 4.79 Å². The monoisotopic (exact) mass is 379 g/mol. The van der Waals surface area contributed by atoms with E-state index in [1.807, 2.05) is 25.1 Å². The van der Waals surface area contributed by atoms with Gasteiger partial charge in [-0.05, 0) is 31.9 Å². The molecule has 1 aliphatic heterocycles. The Balaban J connectivity index is 1.50. The number of para-hydroxylation sites is 1. The molecule has 2 heterocycles. The van der Waals surface area contributed by atoms with E-state index in [1.54, 1.807) is 6.07 Å². The number of hydrogen-bond acceptors (Lipinski definition) is 6. The van der Waals surface area contributed by atoms with Crippen molar-refractivity contribution in [1.82, 2.24) is 14.8 Å². The third kappa shape index (κ3) is 3.62. The second kappa shape index (κ2) is 6.88. The number of nitrogens with zero attached hydrogens (tertiary/aromatic N) is 3. The summed E-state index contributed by atoms with van der Waals surface area (Å²) < 4.78 is 13.1. The third-order valence-corrected chi connectivity index (χ3v) is 5.69. The van der Waals surface area contributed by atoms with Gasteiger partial charge in [-0.15, -0.1) is 10.2 Å². The second-order valence-corrected chi connectivity index (χ2v) is 7.89. The van der Waals surface area contributed by atoms with Crippen molar-refractivity contribution in [1.29, 1.82) is 0 Å². The van der Waals surface area contributed by atoms with E-state index in [0.717, 1.165) is 23.8 Å². The SMILES string of the molecule is C[C@H]1C[C@H](Sc2nnc(COc3ccccc3Cl)n2C2CC2)C(=O)O1. The molecule has 0 amide bonds. The van der Waals surface area contributed by atoms with Gasteiger partial charge in [-0.3, -0.25) is 9.36 Å². The van der Waals surface area contributed by atoms with Crippen LogP contribution in [0.15, 0.2) is 29.4 Å². The number of halogens is 1. The van der Waals surface area contributed by atoms with Gasteiger partial charge in [0.1, 0.15) is 23.7 Å². The lowest BCUT2D eigenvalue weighted by atomic mass is 10.3. The summed E-state index contributed by atoms with van der Waals surface area (Å²) in [5.74, 6) is 1.21. The van der Waals surface area contributed by atoms with Crippen molar-refractivity contribution < 1.29 is 14.3 Å². The van der Waals surface area contributed by atoms with Gasteiger partial charge in [-0.1, -0.05) is 35.5 Å². The molecule has 6 nitrogen and oxygen atoms in total. The fraction of sp³-hybridized carbons (Fsp3) is 0.471. The minimum Gasteiger partial charge on any atom is -0.484 e. The number of carbonyl (C=O) groups is 1. The lowest BCUT2D eigenvalue weighted by Gasteiger charge is -2.11. The first-order chi connectivity index (χ1) is 12.1. The maximum atomic E-state index is 11.9. The molecule has 2 aromatic rings. The fourth-order valence-electron chi connectivity index (χ4n) is 2.83. The number of rotatable bonds is 6. The molecule has 2 atom stereocenters. The molecule has 2 fully saturated rings. The molecule has 4 rings (SSSR count). The van der Waals surface area contributed by atoms with Crippen LogP contribution in [0.4, 0.5) is 0 Å². The lowest BCUT2D eigenvalue weighted by Crippen LogP contribution is -2.12. The average molecular weight is 380 g/mol. The van der Waals surface area contributed by atoms with Crippen LogP contribution in [-0.4, -0.2) is 32.1 Å². The molecule has 1 aromatic heterocycles. The van der Waals surface area contributed by atoms with Crippen molar-refractivity contribution in [3.8, 4) is 5.75 Å². The molecule has 0 N–H and O–H groups in total. The number of thioether (sulfide) groups is 1. The Morgan fingerprint density at radius 1 is 1.36 bits per heavy atom. The summed E-state index contributed by atoms with van der Waals surface area (Å²) in [6, 6.07) is 7.74. The number of carbonyl (C=O) groups excluding carboxylic acids is 1. The number of benzene rings is 1. The largest absolute Gasteiger partial charge is 0.484 e. The molecular weight excluding hydrogens is 362 g/mol. The molecule has 25 heavy (non-hydrogen) atoms. The Morgan fingerprint density at radius 3 is 2.84 bits per heavy atom. The number of esters is 1. The second-order valence-electron chi connectivity index (χ2n) is 6.31. The fourth-order valence-corrected chi connectivity index (χ4v) is 4.25. The van der Waals surface area contributed by atoms with Crippen LogP contribution in [0.2, 0.25) is 5.02 Å². The van der Waals surface area contributed by atoms with Gasteiger partial charge in [-0.2, -0.15) is 0 Å². The van der Waals surface area contributed by atoms with Crippen LogP contribution in [0.1, 0.15) is 38.1 Å². The minimum atomic E-state index is -0.214. The summed E-state index contributed by atoms with van der Waals surface area (Å²) in [5.41, 5.74) is 0. The molecule has 0 radical (unpaired) electrons. The minimum absolute atomic E-state index is 0.0367. The summed E-state index contributed by atoms with van der Waals surface area (Å²) in [6.45, 7) is 2.20. The van der Waals surface area contributed by atoms with Gasteiger partial charge in [0.15, 0.2) is 11.0 Å². The van der Waals surface area contributed by atoms with Crippen LogP contribution in [0.25, 0.3) is 0 Å². The standard InChI is InChI=1S/C17H18ClN3O3S/c1-10-8-14(16(22)24-10)25-17-20-19-15(21(17)11-6-7-11)9-23-13-5-3-2-4-12(13)18/h2-5,10-11,14H,6-9H2,1H3/t10-,14-/m0/s1. The molecular formula is C17H18ClN3O3S. The first-order valence-corrected chi connectivity index (χ1v) is 9.56. The Morgan fingerprint density at radius 2 is 2.16 bits per heavy atom.